The van der Waals surface area contributed by atoms with Crippen molar-refractivity contribution in [3.63, 3.8) is 0 Å². The van der Waals surface area contributed by atoms with Crippen LogP contribution in [0.4, 0.5) is 17.1 Å². The van der Waals surface area contributed by atoms with Crippen molar-refractivity contribution in [2.75, 3.05) is 24.0 Å². The highest BCUT2D eigenvalue weighted by molar-refractivity contribution is 6.32. The van der Waals surface area contributed by atoms with E-state index < -0.39 is 4.92 Å². The molecule has 0 aliphatic carbocycles. The molecule has 1 aliphatic rings. The first kappa shape index (κ1) is 19.3. The van der Waals surface area contributed by atoms with E-state index in [1.165, 1.54) is 16.6 Å². The number of amides is 1. The van der Waals surface area contributed by atoms with E-state index in [0.29, 0.717) is 28.2 Å². The third kappa shape index (κ3) is 3.64. The molecule has 3 rings (SSSR count). The van der Waals surface area contributed by atoms with Crippen molar-refractivity contribution in [1.82, 2.24) is 0 Å². The third-order valence-corrected chi connectivity index (χ3v) is 4.64. The van der Waals surface area contributed by atoms with Crippen LogP contribution in [0.15, 0.2) is 53.1 Å². The van der Waals surface area contributed by atoms with E-state index in [9.17, 15) is 14.9 Å². The molecule has 0 saturated heterocycles. The molecule has 0 saturated carbocycles. The second-order valence-electron chi connectivity index (χ2n) is 6.78. The topological polar surface area (TPSA) is 79.1 Å². The number of nitro benzene ring substituents is 1. The molecule has 28 heavy (non-hydrogen) atoms. The number of carbonyl (C=O) groups is 1. The zero-order valence-electron chi connectivity index (χ0n) is 16.3. The van der Waals surface area contributed by atoms with Crippen molar-refractivity contribution in [2.24, 2.45) is 5.10 Å². The maximum Gasteiger partial charge on any atom is 0.293 e. The number of nitrogens with zero attached hydrogens (tertiary/aromatic N) is 4. The van der Waals surface area contributed by atoms with Gasteiger partial charge < -0.3 is 4.90 Å². The molecular formula is C21H22N4O3. The van der Waals surface area contributed by atoms with Crippen molar-refractivity contribution in [1.29, 1.82) is 0 Å². The molecule has 7 heteroatoms. The summed E-state index contributed by atoms with van der Waals surface area (Å²) in [5.41, 5.74) is 3.95. The summed E-state index contributed by atoms with van der Waals surface area (Å²) in [4.78, 5) is 25.5. The van der Waals surface area contributed by atoms with Gasteiger partial charge in [0.05, 0.1) is 21.9 Å². The molecule has 2 aromatic carbocycles. The van der Waals surface area contributed by atoms with Crippen LogP contribution in [-0.4, -0.2) is 30.6 Å². The van der Waals surface area contributed by atoms with E-state index in [1.54, 1.807) is 44.1 Å². The first-order valence-corrected chi connectivity index (χ1v) is 8.98. The van der Waals surface area contributed by atoms with E-state index in [2.05, 4.69) is 12.0 Å². The van der Waals surface area contributed by atoms with Gasteiger partial charge in [0.1, 0.15) is 5.69 Å². The first-order valence-electron chi connectivity index (χ1n) is 8.98. The van der Waals surface area contributed by atoms with Crippen LogP contribution in [-0.2, 0) is 11.2 Å². The Hall–Kier alpha value is -3.48. The van der Waals surface area contributed by atoms with Crippen LogP contribution in [0.3, 0.4) is 0 Å². The number of carbonyl (C=O) groups excluding carboxylic acids is 1. The van der Waals surface area contributed by atoms with Crippen LogP contribution in [0.1, 0.15) is 25.0 Å². The Bertz CT molecular complexity index is 991. The molecule has 0 spiro atoms. The summed E-state index contributed by atoms with van der Waals surface area (Å²) in [6, 6.07) is 12.6. The van der Waals surface area contributed by atoms with Gasteiger partial charge in [0.25, 0.3) is 11.6 Å². The Kier molecular flexibility index (Phi) is 5.26. The highest BCUT2D eigenvalue weighted by Gasteiger charge is 2.29. The van der Waals surface area contributed by atoms with Crippen molar-refractivity contribution >= 4 is 34.8 Å². The maximum atomic E-state index is 12.9. The monoisotopic (exact) mass is 378 g/mol. The molecule has 1 amide bonds. The predicted octanol–water partition coefficient (Wildman–Crippen LogP) is 4.03. The predicted molar refractivity (Wildman–Crippen MR) is 112 cm³/mol. The van der Waals surface area contributed by atoms with Gasteiger partial charge in [0.2, 0.25) is 0 Å². The summed E-state index contributed by atoms with van der Waals surface area (Å²) in [5, 5.41) is 17.1. The SMILES string of the molecule is CCc1ccc(N2N=C(C)/C(=C/c3ccc(N(C)C)c([N+](=O)[O-])c3)C2=O)cc1. The Balaban J connectivity index is 1.94. The van der Waals surface area contributed by atoms with Gasteiger partial charge >= 0.3 is 0 Å². The average Bonchev–Trinajstić information content (AvgIpc) is 2.96. The molecule has 0 N–H and O–H groups in total. The minimum absolute atomic E-state index is 0.00796. The highest BCUT2D eigenvalue weighted by Crippen LogP contribution is 2.30. The maximum absolute atomic E-state index is 12.9. The minimum Gasteiger partial charge on any atom is -0.372 e. The smallest absolute Gasteiger partial charge is 0.293 e. The van der Waals surface area contributed by atoms with E-state index >= 15 is 0 Å². The van der Waals surface area contributed by atoms with Crippen molar-refractivity contribution < 1.29 is 9.72 Å². The minimum atomic E-state index is -0.420. The average molecular weight is 378 g/mol. The summed E-state index contributed by atoms with van der Waals surface area (Å²) in [6.45, 7) is 3.83. The molecule has 7 nitrogen and oxygen atoms in total. The number of benzene rings is 2. The second-order valence-corrected chi connectivity index (χ2v) is 6.78. The number of hydrazone groups is 1. The Morgan fingerprint density at radius 1 is 1.18 bits per heavy atom. The van der Waals surface area contributed by atoms with E-state index in [0.717, 1.165) is 6.42 Å². The summed E-state index contributed by atoms with van der Waals surface area (Å²) < 4.78 is 0. The number of aryl methyl sites for hydroxylation is 1. The van der Waals surface area contributed by atoms with Gasteiger partial charge in [0.15, 0.2) is 0 Å². The van der Waals surface area contributed by atoms with Crippen LogP contribution in [0, 0.1) is 10.1 Å². The van der Waals surface area contributed by atoms with Gasteiger partial charge in [-0.15, -0.1) is 0 Å². The first-order chi connectivity index (χ1) is 13.3. The highest BCUT2D eigenvalue weighted by atomic mass is 16.6. The fourth-order valence-electron chi connectivity index (χ4n) is 3.05. The number of nitro groups is 1. The molecule has 1 aliphatic heterocycles. The zero-order chi connectivity index (χ0) is 20.4. The van der Waals surface area contributed by atoms with E-state index in [4.69, 9.17) is 0 Å². The van der Waals surface area contributed by atoms with Gasteiger partial charge in [-0.2, -0.15) is 10.1 Å². The largest absolute Gasteiger partial charge is 0.372 e. The van der Waals surface area contributed by atoms with Crippen molar-refractivity contribution in [3.05, 3.63) is 69.3 Å². The molecule has 144 valence electrons. The Labute approximate surface area is 163 Å². The summed E-state index contributed by atoms with van der Waals surface area (Å²) in [6.07, 6.45) is 2.57. The van der Waals surface area contributed by atoms with Gasteiger partial charge in [-0.3, -0.25) is 14.9 Å². The quantitative estimate of drug-likeness (QED) is 0.447. The lowest BCUT2D eigenvalue weighted by atomic mass is 10.1. The molecule has 0 atom stereocenters. The molecule has 2 aromatic rings. The van der Waals surface area contributed by atoms with Crippen LogP contribution in [0.25, 0.3) is 6.08 Å². The molecule has 0 unspecified atom stereocenters. The van der Waals surface area contributed by atoms with Gasteiger partial charge in [-0.25, -0.2) is 0 Å². The Morgan fingerprint density at radius 3 is 2.43 bits per heavy atom. The van der Waals surface area contributed by atoms with Crippen molar-refractivity contribution in [2.45, 2.75) is 20.3 Å². The fraction of sp³-hybridized carbons (Fsp3) is 0.238. The number of anilines is 2. The van der Waals surface area contributed by atoms with Crippen LogP contribution < -0.4 is 9.91 Å². The summed E-state index contributed by atoms with van der Waals surface area (Å²) in [5.74, 6) is -0.249. The standard InChI is InChI=1S/C21H22N4O3/c1-5-15-6-9-17(10-7-15)24-21(26)18(14(2)22-24)12-16-8-11-19(23(3)4)20(13-16)25(27)28/h6-13H,5H2,1-4H3/b18-12-. The van der Waals surface area contributed by atoms with Crippen LogP contribution >= 0.6 is 0 Å². The van der Waals surface area contributed by atoms with E-state index in [-0.39, 0.29) is 11.6 Å². The number of hydrogen-bond donors (Lipinski definition) is 0. The summed E-state index contributed by atoms with van der Waals surface area (Å²) in [7, 11) is 3.50. The van der Waals surface area contributed by atoms with Gasteiger partial charge in [-0.1, -0.05) is 25.1 Å². The lowest BCUT2D eigenvalue weighted by Gasteiger charge is -2.13. The van der Waals surface area contributed by atoms with Gasteiger partial charge in [0, 0.05) is 20.2 Å². The third-order valence-electron chi connectivity index (χ3n) is 4.64. The van der Waals surface area contributed by atoms with Gasteiger partial charge in [-0.05, 0) is 48.7 Å². The molecule has 1 heterocycles. The molecule has 0 bridgehead atoms. The Morgan fingerprint density at radius 2 is 1.86 bits per heavy atom. The zero-order valence-corrected chi connectivity index (χ0v) is 16.3. The molecular weight excluding hydrogens is 356 g/mol. The lowest BCUT2D eigenvalue weighted by Crippen LogP contribution is -2.21. The number of hydrogen-bond acceptors (Lipinski definition) is 5. The molecule has 0 fully saturated rings. The second kappa shape index (κ2) is 7.64. The number of rotatable bonds is 5. The fourth-order valence-corrected chi connectivity index (χ4v) is 3.05. The van der Waals surface area contributed by atoms with Crippen LogP contribution in [0.5, 0.6) is 0 Å². The summed E-state index contributed by atoms with van der Waals surface area (Å²) >= 11 is 0. The van der Waals surface area contributed by atoms with E-state index in [1.807, 2.05) is 24.3 Å². The van der Waals surface area contributed by atoms with Crippen LogP contribution in [0.2, 0.25) is 0 Å². The molecule has 0 radical (unpaired) electrons. The normalized spacial score (nSPS) is 15.1. The molecule has 0 aromatic heterocycles. The lowest BCUT2D eigenvalue weighted by molar-refractivity contribution is -0.384. The van der Waals surface area contributed by atoms with Crippen molar-refractivity contribution in [3.8, 4) is 0 Å².